The van der Waals surface area contributed by atoms with Crippen molar-refractivity contribution in [3.05, 3.63) is 0 Å². The highest BCUT2D eigenvalue weighted by Crippen LogP contribution is 2.36. The topological polar surface area (TPSA) is 91.7 Å². The van der Waals surface area contributed by atoms with Crippen LogP contribution in [0, 0.1) is 5.41 Å². The molecule has 0 spiro atoms. The summed E-state index contributed by atoms with van der Waals surface area (Å²) < 4.78 is 0.275. The zero-order valence-corrected chi connectivity index (χ0v) is 10.3. The van der Waals surface area contributed by atoms with Crippen LogP contribution in [0.5, 0.6) is 0 Å². The van der Waals surface area contributed by atoms with Crippen molar-refractivity contribution in [2.45, 2.75) is 18.9 Å². The maximum absolute atomic E-state index is 11.7. The molecule has 0 aliphatic heterocycles. The zero-order chi connectivity index (χ0) is 13.4. The van der Waals surface area contributed by atoms with Crippen LogP contribution in [0.1, 0.15) is 12.8 Å². The van der Waals surface area contributed by atoms with Crippen LogP contribution in [0.4, 0.5) is 0 Å². The van der Waals surface area contributed by atoms with Gasteiger partial charge in [-0.2, -0.15) is 0 Å². The molecule has 0 amide bonds. The summed E-state index contributed by atoms with van der Waals surface area (Å²) in [6.07, 6.45) is -1.68. The van der Waals surface area contributed by atoms with Gasteiger partial charge in [0.05, 0.1) is 21.1 Å². The number of quaternary nitrogens is 1. The molecule has 17 heavy (non-hydrogen) atoms. The van der Waals surface area contributed by atoms with Crippen molar-refractivity contribution in [1.82, 2.24) is 0 Å². The number of aliphatic hydroxyl groups is 1. The molecule has 1 unspecified atom stereocenters. The highest BCUT2D eigenvalue weighted by atomic mass is 16.4. The van der Waals surface area contributed by atoms with Gasteiger partial charge < -0.3 is 14.7 Å². The minimum Gasteiger partial charge on any atom is -0.480 e. The molecule has 1 aliphatic rings. The molecule has 0 bridgehead atoms. The van der Waals surface area contributed by atoms with E-state index in [0.717, 1.165) is 0 Å². The van der Waals surface area contributed by atoms with Crippen molar-refractivity contribution in [3.8, 4) is 0 Å². The lowest BCUT2D eigenvalue weighted by atomic mass is 9.78. The summed E-state index contributed by atoms with van der Waals surface area (Å²) in [6, 6.07) is 0. The van der Waals surface area contributed by atoms with E-state index in [2.05, 4.69) is 0 Å². The predicted molar refractivity (Wildman–Crippen MR) is 58.2 cm³/mol. The number of carbonyl (C=O) groups is 3. The Labute approximate surface area is 99.4 Å². The van der Waals surface area contributed by atoms with E-state index >= 15 is 0 Å². The smallest absolute Gasteiger partial charge is 0.327 e. The predicted octanol–water partition coefficient (Wildman–Crippen LogP) is -0.943. The van der Waals surface area contributed by atoms with Gasteiger partial charge in [0.15, 0.2) is 11.6 Å². The number of aliphatic hydroxyl groups excluding tert-OH is 1. The van der Waals surface area contributed by atoms with E-state index in [1.807, 2.05) is 0 Å². The minimum atomic E-state index is -2.24. The van der Waals surface area contributed by atoms with Crippen LogP contribution in [0.15, 0.2) is 0 Å². The molecule has 6 nitrogen and oxygen atoms in total. The van der Waals surface area contributed by atoms with Crippen LogP contribution < -0.4 is 0 Å². The Morgan fingerprint density at radius 1 is 1.29 bits per heavy atom. The summed E-state index contributed by atoms with van der Waals surface area (Å²) in [5.74, 6) is -2.90. The molecule has 0 heterocycles. The Kier molecular flexibility index (Phi) is 3.40. The number of rotatable bonds is 4. The number of ketones is 2. The first-order valence-electron chi connectivity index (χ1n) is 5.41. The molecule has 0 radical (unpaired) electrons. The Hall–Kier alpha value is -1.27. The third-order valence-corrected chi connectivity index (χ3v) is 3.02. The lowest BCUT2D eigenvalue weighted by Gasteiger charge is -2.32. The first kappa shape index (κ1) is 13.8. The summed E-state index contributed by atoms with van der Waals surface area (Å²) in [4.78, 5) is 34.7. The molecule has 0 aromatic rings. The molecule has 1 saturated carbocycles. The number of carboxylic acid groups (broad SMARTS) is 1. The van der Waals surface area contributed by atoms with Crippen LogP contribution in [-0.2, 0) is 14.4 Å². The maximum Gasteiger partial charge on any atom is 0.327 e. The molecule has 0 aromatic heterocycles. The number of nitrogens with zero attached hydrogens (tertiary/aromatic N) is 1. The summed E-state index contributed by atoms with van der Waals surface area (Å²) in [5.41, 5.74) is -2.24. The van der Waals surface area contributed by atoms with Gasteiger partial charge in [-0.15, -0.1) is 0 Å². The molecular formula is C11H18NO5+. The largest absolute Gasteiger partial charge is 0.480 e. The second kappa shape index (κ2) is 4.19. The average Bonchev–Trinajstić information content (AvgIpc) is 2.40. The van der Waals surface area contributed by atoms with Crippen LogP contribution in [-0.4, -0.2) is 66.0 Å². The van der Waals surface area contributed by atoms with Crippen molar-refractivity contribution >= 4 is 17.5 Å². The number of hydrogen-bond donors (Lipinski definition) is 2. The SMILES string of the molecule is C[N+](C)(C)CC(O)C1(C(=O)O)C(=O)CCC1=O. The minimum absolute atomic E-state index is 0.0315. The van der Waals surface area contributed by atoms with E-state index in [1.165, 1.54) is 0 Å². The van der Waals surface area contributed by atoms with E-state index in [-0.39, 0.29) is 23.9 Å². The first-order chi connectivity index (χ1) is 7.62. The van der Waals surface area contributed by atoms with E-state index in [9.17, 15) is 19.5 Å². The summed E-state index contributed by atoms with van der Waals surface area (Å²) in [5, 5.41) is 19.2. The Morgan fingerprint density at radius 3 is 2.00 bits per heavy atom. The van der Waals surface area contributed by atoms with Gasteiger partial charge >= 0.3 is 5.97 Å². The Morgan fingerprint density at radius 2 is 1.71 bits per heavy atom. The van der Waals surface area contributed by atoms with E-state index in [0.29, 0.717) is 0 Å². The fraction of sp³-hybridized carbons (Fsp3) is 0.727. The zero-order valence-electron chi connectivity index (χ0n) is 10.3. The summed E-state index contributed by atoms with van der Waals surface area (Å²) in [6.45, 7) is 0.0315. The number of Topliss-reactive ketones (excluding diaryl/α,β-unsaturated/α-hetero) is 2. The fourth-order valence-electron chi connectivity index (χ4n) is 2.19. The van der Waals surface area contributed by atoms with Crippen LogP contribution >= 0.6 is 0 Å². The van der Waals surface area contributed by atoms with E-state index in [4.69, 9.17) is 5.11 Å². The third-order valence-electron chi connectivity index (χ3n) is 3.02. The van der Waals surface area contributed by atoms with Gasteiger partial charge in [0, 0.05) is 12.8 Å². The van der Waals surface area contributed by atoms with Crippen molar-refractivity contribution < 1.29 is 29.1 Å². The van der Waals surface area contributed by atoms with Crippen molar-refractivity contribution in [2.75, 3.05) is 27.7 Å². The summed E-state index contributed by atoms with van der Waals surface area (Å²) >= 11 is 0. The monoisotopic (exact) mass is 244 g/mol. The van der Waals surface area contributed by atoms with Gasteiger partial charge in [-0.1, -0.05) is 0 Å². The van der Waals surface area contributed by atoms with Gasteiger partial charge in [-0.3, -0.25) is 14.4 Å². The van der Waals surface area contributed by atoms with Crippen molar-refractivity contribution in [1.29, 1.82) is 0 Å². The number of carboxylic acids is 1. The van der Waals surface area contributed by atoms with Gasteiger partial charge in [-0.25, -0.2) is 0 Å². The molecule has 1 aliphatic carbocycles. The highest BCUT2D eigenvalue weighted by molar-refractivity contribution is 6.26. The van der Waals surface area contributed by atoms with E-state index in [1.54, 1.807) is 21.1 Å². The molecule has 0 aromatic carbocycles. The molecule has 1 rings (SSSR count). The molecule has 0 saturated heterocycles. The first-order valence-corrected chi connectivity index (χ1v) is 5.41. The number of aliphatic carboxylic acids is 1. The summed E-state index contributed by atoms with van der Waals surface area (Å²) in [7, 11) is 5.26. The van der Waals surface area contributed by atoms with Crippen molar-refractivity contribution in [2.24, 2.45) is 5.41 Å². The Balaban J connectivity index is 3.13. The van der Waals surface area contributed by atoms with Crippen molar-refractivity contribution in [3.63, 3.8) is 0 Å². The second-order valence-electron chi connectivity index (χ2n) is 5.45. The third kappa shape index (κ3) is 2.23. The van der Waals surface area contributed by atoms with Crippen LogP contribution in [0.25, 0.3) is 0 Å². The lowest BCUT2D eigenvalue weighted by Crippen LogP contribution is -2.57. The fourth-order valence-corrected chi connectivity index (χ4v) is 2.19. The normalized spacial score (nSPS) is 21.6. The highest BCUT2D eigenvalue weighted by Gasteiger charge is 2.61. The Bertz CT molecular complexity index is 353. The van der Waals surface area contributed by atoms with Gasteiger partial charge in [0.25, 0.3) is 0 Å². The molecular weight excluding hydrogens is 226 g/mol. The molecule has 1 atom stereocenters. The molecule has 6 heteroatoms. The second-order valence-corrected chi connectivity index (χ2v) is 5.45. The molecule has 2 N–H and O–H groups in total. The molecule has 1 fully saturated rings. The van der Waals surface area contributed by atoms with E-state index < -0.39 is 29.1 Å². The van der Waals surface area contributed by atoms with Crippen LogP contribution in [0.3, 0.4) is 0 Å². The average molecular weight is 244 g/mol. The number of hydrogen-bond acceptors (Lipinski definition) is 4. The lowest BCUT2D eigenvalue weighted by molar-refractivity contribution is -0.874. The number of carbonyl (C=O) groups excluding carboxylic acids is 2. The maximum atomic E-state index is 11.7. The standard InChI is InChI=1S/C11H17NO5/c1-12(2,3)6-9(15)11(10(16)17)7(13)4-5-8(11)14/h9,15H,4-6H2,1-3H3/p+1. The van der Waals surface area contributed by atoms with Gasteiger partial charge in [0.2, 0.25) is 5.41 Å². The number of likely N-dealkylation sites (N-methyl/N-ethyl adjacent to an activating group) is 1. The quantitative estimate of drug-likeness (QED) is 0.492. The van der Waals surface area contributed by atoms with Crippen LogP contribution in [0.2, 0.25) is 0 Å². The van der Waals surface area contributed by atoms with Gasteiger partial charge in [0.1, 0.15) is 12.6 Å². The van der Waals surface area contributed by atoms with Gasteiger partial charge in [-0.05, 0) is 0 Å². The molecule has 96 valence electrons.